The SMILES string of the molecule is COC(=O)c1ccc2c(c1)c(N=O)c(-c1ccccc1)n2C. The summed E-state index contributed by atoms with van der Waals surface area (Å²) in [5.41, 5.74) is 3.18. The van der Waals surface area contributed by atoms with Gasteiger partial charge < -0.3 is 9.30 Å². The smallest absolute Gasteiger partial charge is 0.337 e. The molecule has 0 amide bonds. The lowest BCUT2D eigenvalue weighted by Crippen LogP contribution is -2.00. The summed E-state index contributed by atoms with van der Waals surface area (Å²) in [6.07, 6.45) is 0. The van der Waals surface area contributed by atoms with Crippen molar-refractivity contribution < 1.29 is 9.53 Å². The molecule has 0 radical (unpaired) electrons. The molecule has 2 aromatic carbocycles. The molecule has 3 rings (SSSR count). The minimum absolute atomic E-state index is 0.328. The highest BCUT2D eigenvalue weighted by Crippen LogP contribution is 2.39. The first-order chi connectivity index (χ1) is 10.7. The highest BCUT2D eigenvalue weighted by atomic mass is 16.5. The number of benzene rings is 2. The van der Waals surface area contributed by atoms with Crippen LogP contribution in [0.25, 0.3) is 22.2 Å². The molecule has 1 aromatic heterocycles. The summed E-state index contributed by atoms with van der Waals surface area (Å²) in [5.74, 6) is -0.441. The fourth-order valence-corrected chi connectivity index (χ4v) is 2.69. The van der Waals surface area contributed by atoms with Crippen molar-refractivity contribution in [2.24, 2.45) is 12.2 Å². The van der Waals surface area contributed by atoms with E-state index in [2.05, 4.69) is 5.18 Å². The average Bonchev–Trinajstić information content (AvgIpc) is 2.86. The summed E-state index contributed by atoms with van der Waals surface area (Å²) < 4.78 is 6.63. The predicted octanol–water partition coefficient (Wildman–Crippen LogP) is 4.03. The Hall–Kier alpha value is -2.95. The van der Waals surface area contributed by atoms with Crippen LogP contribution in [0.1, 0.15) is 10.4 Å². The molecule has 3 aromatic rings. The van der Waals surface area contributed by atoms with Crippen LogP contribution in [0, 0.1) is 4.91 Å². The van der Waals surface area contributed by atoms with Gasteiger partial charge in [-0.15, -0.1) is 4.91 Å². The topological polar surface area (TPSA) is 60.7 Å². The third-order valence-corrected chi connectivity index (χ3v) is 3.73. The Labute approximate surface area is 127 Å². The second kappa shape index (κ2) is 5.44. The van der Waals surface area contributed by atoms with Crippen LogP contribution in [-0.4, -0.2) is 17.6 Å². The normalized spacial score (nSPS) is 10.6. The van der Waals surface area contributed by atoms with Gasteiger partial charge in [0.1, 0.15) is 5.69 Å². The van der Waals surface area contributed by atoms with Crippen LogP contribution < -0.4 is 0 Å². The number of nitroso groups, excluding NO2 is 1. The van der Waals surface area contributed by atoms with E-state index in [4.69, 9.17) is 4.74 Å². The first-order valence-electron chi connectivity index (χ1n) is 6.77. The zero-order valence-electron chi connectivity index (χ0n) is 12.2. The standard InChI is InChI=1S/C17H14N2O3/c1-19-14-9-8-12(17(20)22-2)10-13(14)15(18-21)16(19)11-6-4-3-5-7-11/h3-10H,1-2H3. The van der Waals surface area contributed by atoms with Crippen molar-refractivity contribution in [2.75, 3.05) is 7.11 Å². The van der Waals surface area contributed by atoms with Gasteiger partial charge in [-0.2, -0.15) is 0 Å². The zero-order valence-corrected chi connectivity index (χ0v) is 12.2. The van der Waals surface area contributed by atoms with Crippen LogP contribution in [0.3, 0.4) is 0 Å². The molecule has 0 N–H and O–H groups in total. The Balaban J connectivity index is 2.33. The Morgan fingerprint density at radius 2 is 1.86 bits per heavy atom. The summed E-state index contributed by atoms with van der Waals surface area (Å²) in [6, 6.07) is 14.7. The van der Waals surface area contributed by atoms with E-state index in [-0.39, 0.29) is 0 Å². The number of hydrogen-bond donors (Lipinski definition) is 0. The van der Waals surface area contributed by atoms with E-state index in [9.17, 15) is 9.70 Å². The van der Waals surface area contributed by atoms with Gasteiger partial charge in [0.05, 0.1) is 23.9 Å². The van der Waals surface area contributed by atoms with Crippen LogP contribution >= 0.6 is 0 Å². The number of carbonyl (C=O) groups is 1. The van der Waals surface area contributed by atoms with Gasteiger partial charge in [0.15, 0.2) is 0 Å². The van der Waals surface area contributed by atoms with E-state index < -0.39 is 5.97 Å². The molecule has 5 heteroatoms. The van der Waals surface area contributed by atoms with E-state index in [0.717, 1.165) is 16.8 Å². The van der Waals surface area contributed by atoms with Crippen molar-refractivity contribution in [2.45, 2.75) is 0 Å². The number of nitrogens with zero attached hydrogens (tertiary/aromatic N) is 2. The van der Waals surface area contributed by atoms with E-state index in [0.29, 0.717) is 16.6 Å². The van der Waals surface area contributed by atoms with Gasteiger partial charge in [-0.05, 0) is 23.4 Å². The quantitative estimate of drug-likeness (QED) is 0.541. The Kier molecular flexibility index (Phi) is 3.47. The molecule has 0 aliphatic rings. The van der Waals surface area contributed by atoms with Crippen LogP contribution in [0.4, 0.5) is 5.69 Å². The molecule has 0 aliphatic carbocycles. The lowest BCUT2D eigenvalue weighted by Gasteiger charge is -2.04. The lowest BCUT2D eigenvalue weighted by atomic mass is 10.1. The van der Waals surface area contributed by atoms with Gasteiger partial charge in [-0.1, -0.05) is 30.3 Å². The highest BCUT2D eigenvalue weighted by molar-refractivity contribution is 6.04. The van der Waals surface area contributed by atoms with Crippen molar-refractivity contribution in [1.29, 1.82) is 0 Å². The maximum atomic E-state index is 11.7. The maximum absolute atomic E-state index is 11.7. The maximum Gasteiger partial charge on any atom is 0.337 e. The number of fused-ring (bicyclic) bond motifs is 1. The van der Waals surface area contributed by atoms with E-state index in [1.165, 1.54) is 7.11 Å². The molecular formula is C17H14N2O3. The Bertz CT molecular complexity index is 866. The largest absolute Gasteiger partial charge is 0.465 e. The minimum Gasteiger partial charge on any atom is -0.465 e. The number of ether oxygens (including phenoxy) is 1. The van der Waals surface area contributed by atoms with Gasteiger partial charge in [-0.3, -0.25) is 0 Å². The zero-order chi connectivity index (χ0) is 15.7. The van der Waals surface area contributed by atoms with E-state index in [1.807, 2.05) is 41.9 Å². The van der Waals surface area contributed by atoms with Crippen LogP contribution in [0.2, 0.25) is 0 Å². The summed E-state index contributed by atoms with van der Waals surface area (Å²) >= 11 is 0. The summed E-state index contributed by atoms with van der Waals surface area (Å²) in [5, 5.41) is 3.84. The Morgan fingerprint density at radius 1 is 1.14 bits per heavy atom. The second-order valence-corrected chi connectivity index (χ2v) is 4.94. The second-order valence-electron chi connectivity index (χ2n) is 4.94. The lowest BCUT2D eigenvalue weighted by molar-refractivity contribution is 0.0601. The first kappa shape index (κ1) is 14.0. The van der Waals surface area contributed by atoms with Crippen LogP contribution in [0.15, 0.2) is 53.7 Å². The van der Waals surface area contributed by atoms with E-state index in [1.54, 1.807) is 18.2 Å². The van der Waals surface area contributed by atoms with Crippen molar-refractivity contribution in [1.82, 2.24) is 4.57 Å². The number of carbonyl (C=O) groups excluding carboxylic acids is 1. The Morgan fingerprint density at radius 3 is 2.50 bits per heavy atom. The molecule has 0 unspecified atom stereocenters. The number of methoxy groups -OCH3 is 1. The molecule has 0 saturated heterocycles. The van der Waals surface area contributed by atoms with Gasteiger partial charge >= 0.3 is 5.97 Å². The number of aryl methyl sites for hydroxylation is 1. The van der Waals surface area contributed by atoms with Gasteiger partial charge in [0.2, 0.25) is 0 Å². The molecule has 0 saturated carbocycles. The molecule has 5 nitrogen and oxygen atoms in total. The monoisotopic (exact) mass is 294 g/mol. The number of rotatable bonds is 3. The molecule has 0 bridgehead atoms. The highest BCUT2D eigenvalue weighted by Gasteiger charge is 2.19. The van der Waals surface area contributed by atoms with Crippen LogP contribution in [-0.2, 0) is 11.8 Å². The molecule has 0 fully saturated rings. The number of aromatic nitrogens is 1. The number of hydrogen-bond acceptors (Lipinski definition) is 4. The third kappa shape index (κ3) is 2.07. The fraction of sp³-hybridized carbons (Fsp3) is 0.118. The summed E-state index contributed by atoms with van der Waals surface area (Å²) in [4.78, 5) is 23.1. The van der Waals surface area contributed by atoms with Gasteiger partial charge in [0, 0.05) is 18.0 Å². The summed E-state index contributed by atoms with van der Waals surface area (Å²) in [6.45, 7) is 0. The molecule has 1 heterocycles. The molecule has 0 aliphatic heterocycles. The van der Waals surface area contributed by atoms with Gasteiger partial charge in [-0.25, -0.2) is 4.79 Å². The first-order valence-corrected chi connectivity index (χ1v) is 6.77. The fourth-order valence-electron chi connectivity index (χ4n) is 2.69. The molecule has 110 valence electrons. The molecule has 22 heavy (non-hydrogen) atoms. The van der Waals surface area contributed by atoms with E-state index >= 15 is 0 Å². The van der Waals surface area contributed by atoms with Gasteiger partial charge in [0.25, 0.3) is 0 Å². The van der Waals surface area contributed by atoms with Crippen molar-refractivity contribution >= 4 is 22.6 Å². The molecular weight excluding hydrogens is 280 g/mol. The molecule has 0 spiro atoms. The predicted molar refractivity (Wildman–Crippen MR) is 85.1 cm³/mol. The number of esters is 1. The summed E-state index contributed by atoms with van der Waals surface area (Å²) in [7, 11) is 3.20. The van der Waals surface area contributed by atoms with Crippen LogP contribution in [0.5, 0.6) is 0 Å². The van der Waals surface area contributed by atoms with Crippen molar-refractivity contribution in [3.8, 4) is 11.3 Å². The minimum atomic E-state index is -0.441. The van der Waals surface area contributed by atoms with Crippen molar-refractivity contribution in [3.63, 3.8) is 0 Å². The van der Waals surface area contributed by atoms with Crippen molar-refractivity contribution in [3.05, 3.63) is 59.0 Å². The molecule has 0 atom stereocenters. The third-order valence-electron chi connectivity index (χ3n) is 3.73. The average molecular weight is 294 g/mol.